The molecular formula is C17H17N7O2. The second-order valence-corrected chi connectivity index (χ2v) is 6.07. The van der Waals surface area contributed by atoms with Crippen molar-refractivity contribution < 1.29 is 9.59 Å². The van der Waals surface area contributed by atoms with E-state index in [1.54, 1.807) is 0 Å². The Hall–Kier alpha value is -3.49. The molecule has 0 radical (unpaired) electrons. The van der Waals surface area contributed by atoms with Crippen molar-refractivity contribution in [3.8, 4) is 0 Å². The van der Waals surface area contributed by atoms with E-state index in [1.165, 1.54) is 6.33 Å². The molecule has 4 N–H and O–H groups in total. The molecule has 0 aliphatic carbocycles. The third-order valence-corrected chi connectivity index (χ3v) is 4.23. The van der Waals surface area contributed by atoms with Gasteiger partial charge in [-0.1, -0.05) is 30.3 Å². The highest BCUT2D eigenvalue weighted by atomic mass is 16.2. The van der Waals surface area contributed by atoms with Gasteiger partial charge in [-0.15, -0.1) is 10.2 Å². The van der Waals surface area contributed by atoms with Gasteiger partial charge in [0.15, 0.2) is 5.82 Å². The fourth-order valence-electron chi connectivity index (χ4n) is 2.88. The van der Waals surface area contributed by atoms with E-state index >= 15 is 0 Å². The number of H-pyrrole nitrogens is 2. The highest BCUT2D eigenvalue weighted by Crippen LogP contribution is 2.17. The van der Waals surface area contributed by atoms with Gasteiger partial charge in [-0.25, -0.2) is 4.98 Å². The second kappa shape index (κ2) is 6.79. The van der Waals surface area contributed by atoms with Crippen LogP contribution in [0.2, 0.25) is 0 Å². The van der Waals surface area contributed by atoms with E-state index in [0.717, 1.165) is 11.3 Å². The number of hydrogen-bond donors (Lipinski definition) is 4. The Morgan fingerprint density at radius 3 is 2.92 bits per heavy atom. The van der Waals surface area contributed by atoms with Gasteiger partial charge in [0.2, 0.25) is 11.7 Å². The van der Waals surface area contributed by atoms with Crippen LogP contribution in [0.5, 0.6) is 0 Å². The van der Waals surface area contributed by atoms with Crippen molar-refractivity contribution >= 4 is 17.6 Å². The summed E-state index contributed by atoms with van der Waals surface area (Å²) in [4.78, 5) is 34.6. The van der Waals surface area contributed by atoms with Crippen molar-refractivity contribution in [2.45, 2.75) is 25.3 Å². The lowest BCUT2D eigenvalue weighted by atomic mass is 10.1. The van der Waals surface area contributed by atoms with Gasteiger partial charge < -0.3 is 20.6 Å². The summed E-state index contributed by atoms with van der Waals surface area (Å²) in [6.45, 7) is 0. The largest absolute Gasteiger partial charge is 0.347 e. The maximum absolute atomic E-state index is 12.4. The zero-order chi connectivity index (χ0) is 17.9. The minimum absolute atomic E-state index is 0.0876. The Morgan fingerprint density at radius 1 is 1.23 bits per heavy atom. The third kappa shape index (κ3) is 3.32. The van der Waals surface area contributed by atoms with Crippen molar-refractivity contribution in [1.82, 2.24) is 30.5 Å². The molecule has 3 heterocycles. The lowest BCUT2D eigenvalue weighted by Gasteiger charge is -2.13. The van der Waals surface area contributed by atoms with Crippen LogP contribution in [-0.4, -0.2) is 43.0 Å². The number of carbonyl (C=O) groups is 2. The molecular weight excluding hydrogens is 334 g/mol. The summed E-state index contributed by atoms with van der Waals surface area (Å²) >= 11 is 0. The summed E-state index contributed by atoms with van der Waals surface area (Å²) in [5, 5.41) is 13.3. The summed E-state index contributed by atoms with van der Waals surface area (Å²) in [7, 11) is 0. The van der Waals surface area contributed by atoms with E-state index in [2.05, 4.69) is 35.8 Å². The van der Waals surface area contributed by atoms with Gasteiger partial charge in [-0.05, 0) is 18.4 Å². The average molecular weight is 351 g/mol. The van der Waals surface area contributed by atoms with Crippen molar-refractivity contribution in [3.63, 3.8) is 0 Å². The SMILES string of the molecule is O=C(NC1CCc2[nH]cnc2NC1=O)c1nnc(Cc2ccccc2)[nH]1. The molecule has 0 spiro atoms. The lowest BCUT2D eigenvalue weighted by molar-refractivity contribution is -0.118. The average Bonchev–Trinajstić information content (AvgIpc) is 3.26. The first-order valence-corrected chi connectivity index (χ1v) is 8.28. The van der Waals surface area contributed by atoms with Crippen LogP contribution in [0.15, 0.2) is 36.7 Å². The van der Waals surface area contributed by atoms with Crippen LogP contribution >= 0.6 is 0 Å². The van der Waals surface area contributed by atoms with E-state index in [0.29, 0.717) is 30.9 Å². The van der Waals surface area contributed by atoms with Crippen LogP contribution in [0, 0.1) is 0 Å². The normalized spacial score (nSPS) is 16.5. The van der Waals surface area contributed by atoms with Crippen LogP contribution in [-0.2, 0) is 17.6 Å². The lowest BCUT2D eigenvalue weighted by Crippen LogP contribution is -2.43. The molecule has 0 saturated carbocycles. The molecule has 132 valence electrons. The monoisotopic (exact) mass is 351 g/mol. The van der Waals surface area contributed by atoms with Crippen LogP contribution in [0.4, 0.5) is 5.82 Å². The maximum Gasteiger partial charge on any atom is 0.289 e. The Bertz CT molecular complexity index is 932. The third-order valence-electron chi connectivity index (χ3n) is 4.23. The van der Waals surface area contributed by atoms with Crippen LogP contribution < -0.4 is 10.6 Å². The van der Waals surface area contributed by atoms with Crippen LogP contribution in [0.3, 0.4) is 0 Å². The molecule has 1 aliphatic heterocycles. The zero-order valence-corrected chi connectivity index (χ0v) is 13.8. The first-order chi connectivity index (χ1) is 12.7. The minimum atomic E-state index is -0.659. The summed E-state index contributed by atoms with van der Waals surface area (Å²) in [5.74, 6) is 0.427. The number of hydrogen-bond acceptors (Lipinski definition) is 5. The second-order valence-electron chi connectivity index (χ2n) is 6.07. The molecule has 2 aromatic heterocycles. The van der Waals surface area contributed by atoms with Crippen molar-refractivity contribution in [3.05, 3.63) is 59.6 Å². The van der Waals surface area contributed by atoms with Gasteiger partial charge in [0.1, 0.15) is 11.9 Å². The fraction of sp³-hybridized carbons (Fsp3) is 0.235. The topological polar surface area (TPSA) is 128 Å². The maximum atomic E-state index is 12.4. The van der Waals surface area contributed by atoms with Gasteiger partial charge >= 0.3 is 0 Å². The predicted octanol–water partition coefficient (Wildman–Crippen LogP) is 0.802. The molecule has 4 rings (SSSR count). The number of nitrogens with zero attached hydrogens (tertiary/aromatic N) is 3. The molecule has 1 atom stereocenters. The minimum Gasteiger partial charge on any atom is -0.347 e. The summed E-state index contributed by atoms with van der Waals surface area (Å²) in [6, 6.07) is 9.10. The number of rotatable bonds is 4. The Labute approximate surface area is 148 Å². The molecule has 1 unspecified atom stereocenters. The standard InChI is InChI=1S/C17H17N7O2/c25-16-12(7-6-11-14(22-16)19-9-18-11)20-17(26)15-21-13(23-24-15)8-10-4-2-1-3-5-10/h1-5,9,12H,6-8H2,(H,18,19)(H,20,26)(H,22,25)(H,21,23,24). The number of aromatic nitrogens is 5. The molecule has 0 bridgehead atoms. The molecule has 9 heteroatoms. The van der Waals surface area contributed by atoms with Crippen molar-refractivity contribution in [2.24, 2.45) is 0 Å². The smallest absolute Gasteiger partial charge is 0.289 e. The van der Waals surface area contributed by atoms with E-state index in [9.17, 15) is 9.59 Å². The first-order valence-electron chi connectivity index (χ1n) is 8.28. The van der Waals surface area contributed by atoms with Gasteiger partial charge in [0.25, 0.3) is 5.91 Å². The molecule has 9 nitrogen and oxygen atoms in total. The zero-order valence-electron chi connectivity index (χ0n) is 13.8. The molecule has 1 aliphatic rings. The van der Waals surface area contributed by atoms with E-state index in [1.807, 2.05) is 30.3 Å². The molecule has 1 aromatic carbocycles. The van der Waals surface area contributed by atoms with E-state index in [-0.39, 0.29) is 11.7 Å². The summed E-state index contributed by atoms with van der Waals surface area (Å²) < 4.78 is 0. The Morgan fingerprint density at radius 2 is 2.08 bits per heavy atom. The van der Waals surface area contributed by atoms with Gasteiger partial charge in [0.05, 0.1) is 12.0 Å². The number of aromatic amines is 2. The highest BCUT2D eigenvalue weighted by molar-refractivity contribution is 6.00. The number of anilines is 1. The number of benzene rings is 1. The van der Waals surface area contributed by atoms with E-state index < -0.39 is 11.9 Å². The molecule has 3 aromatic rings. The van der Waals surface area contributed by atoms with Crippen LogP contribution in [0.1, 0.15) is 34.1 Å². The number of nitrogens with one attached hydrogen (secondary N) is 4. The number of amides is 2. The van der Waals surface area contributed by atoms with Crippen molar-refractivity contribution in [1.29, 1.82) is 0 Å². The summed E-state index contributed by atoms with van der Waals surface area (Å²) in [6.07, 6.45) is 3.16. The number of carbonyl (C=O) groups excluding carboxylic acids is 2. The summed E-state index contributed by atoms with van der Waals surface area (Å²) in [5.41, 5.74) is 1.91. The first kappa shape index (κ1) is 16.0. The van der Waals surface area contributed by atoms with E-state index in [4.69, 9.17) is 0 Å². The van der Waals surface area contributed by atoms with Crippen molar-refractivity contribution in [2.75, 3.05) is 5.32 Å². The number of imidazole rings is 1. The Balaban J connectivity index is 1.40. The molecule has 26 heavy (non-hydrogen) atoms. The van der Waals surface area contributed by atoms with Gasteiger partial charge in [-0.2, -0.15) is 0 Å². The number of fused-ring (bicyclic) bond motifs is 1. The molecule has 2 amide bonds. The predicted molar refractivity (Wildman–Crippen MR) is 92.4 cm³/mol. The Kier molecular flexibility index (Phi) is 4.18. The van der Waals surface area contributed by atoms with Gasteiger partial charge in [-0.3, -0.25) is 9.59 Å². The van der Waals surface area contributed by atoms with Crippen LogP contribution in [0.25, 0.3) is 0 Å². The highest BCUT2D eigenvalue weighted by Gasteiger charge is 2.27. The number of aryl methyl sites for hydroxylation is 1. The molecule has 0 saturated heterocycles. The quantitative estimate of drug-likeness (QED) is 0.553. The fourth-order valence-corrected chi connectivity index (χ4v) is 2.88. The van der Waals surface area contributed by atoms with Gasteiger partial charge in [0, 0.05) is 6.42 Å². The molecule has 0 fully saturated rings.